The molecule has 0 aliphatic heterocycles. The summed E-state index contributed by atoms with van der Waals surface area (Å²) in [5, 5.41) is 3.72. The van der Waals surface area contributed by atoms with Gasteiger partial charge in [-0.15, -0.1) is 0 Å². The van der Waals surface area contributed by atoms with Crippen molar-refractivity contribution in [3.05, 3.63) is 35.9 Å². The van der Waals surface area contributed by atoms with E-state index < -0.39 is 6.17 Å². The van der Waals surface area contributed by atoms with Crippen LogP contribution in [0, 0.1) is 5.92 Å². The lowest BCUT2D eigenvalue weighted by Gasteiger charge is -2.22. The van der Waals surface area contributed by atoms with Gasteiger partial charge in [0.1, 0.15) is 6.17 Å². The molecule has 0 spiro atoms. The van der Waals surface area contributed by atoms with Gasteiger partial charge in [-0.25, -0.2) is 9.82 Å². The number of carbonyl (C=O) groups is 1. The number of halogens is 1. The minimum absolute atomic E-state index is 0.0612. The predicted molar refractivity (Wildman–Crippen MR) is 73.9 cm³/mol. The van der Waals surface area contributed by atoms with Crippen LogP contribution < -0.4 is 5.43 Å². The molecule has 1 N–H and O–H groups in total. The summed E-state index contributed by atoms with van der Waals surface area (Å²) in [5.41, 5.74) is 2.88. The maximum atomic E-state index is 13.8. The van der Waals surface area contributed by atoms with E-state index in [2.05, 4.69) is 10.5 Å². The van der Waals surface area contributed by atoms with Crippen molar-refractivity contribution >= 4 is 12.1 Å². The number of alkyl halides is 1. The van der Waals surface area contributed by atoms with Crippen LogP contribution in [0.4, 0.5) is 4.39 Å². The lowest BCUT2D eigenvalue weighted by molar-refractivity contribution is 0.0954. The zero-order valence-corrected chi connectivity index (χ0v) is 10.9. The van der Waals surface area contributed by atoms with Crippen molar-refractivity contribution in [2.24, 2.45) is 11.0 Å². The number of nitrogens with zero attached hydrogens (tertiary/aromatic N) is 1. The van der Waals surface area contributed by atoms with Crippen LogP contribution in [0.3, 0.4) is 0 Å². The number of nitrogens with one attached hydrogen (secondary N) is 1. The monoisotopic (exact) mass is 261 g/mol. The summed E-state index contributed by atoms with van der Waals surface area (Å²) in [5.74, 6) is -0.251. The Labute approximate surface area is 112 Å². The quantitative estimate of drug-likeness (QED) is 0.655. The molecule has 102 valence electrons. The van der Waals surface area contributed by atoms with Gasteiger partial charge in [-0.3, -0.25) is 4.79 Å². The Morgan fingerprint density at radius 2 is 1.95 bits per heavy atom. The van der Waals surface area contributed by atoms with Crippen LogP contribution >= 0.6 is 0 Å². The topological polar surface area (TPSA) is 41.5 Å². The van der Waals surface area contributed by atoms with E-state index in [1.165, 1.54) is 12.6 Å². The third kappa shape index (κ3) is 4.16. The molecule has 1 aromatic carbocycles. The second-order valence-corrected chi connectivity index (χ2v) is 4.93. The van der Waals surface area contributed by atoms with E-state index in [1.54, 1.807) is 24.3 Å². The van der Waals surface area contributed by atoms with Crippen molar-refractivity contribution < 1.29 is 9.18 Å². The molecule has 1 amide bonds. The molecule has 1 fully saturated rings. The van der Waals surface area contributed by atoms with Crippen LogP contribution in [0.1, 0.15) is 42.5 Å². The summed E-state index contributed by atoms with van der Waals surface area (Å²) in [4.78, 5) is 11.7. The molecular formula is C15H19FN2O. The molecule has 1 atom stereocenters. The third-order valence-electron chi connectivity index (χ3n) is 3.52. The van der Waals surface area contributed by atoms with E-state index in [1.807, 2.05) is 6.07 Å². The minimum atomic E-state index is -1.06. The summed E-state index contributed by atoms with van der Waals surface area (Å²) in [6, 6.07) is 8.77. The molecule has 1 aliphatic carbocycles. The van der Waals surface area contributed by atoms with Crippen molar-refractivity contribution in [2.75, 3.05) is 0 Å². The summed E-state index contributed by atoms with van der Waals surface area (Å²) < 4.78 is 13.8. The van der Waals surface area contributed by atoms with Crippen LogP contribution in [-0.4, -0.2) is 18.3 Å². The van der Waals surface area contributed by atoms with Crippen molar-refractivity contribution in [3.8, 4) is 0 Å². The molecule has 1 aromatic rings. The van der Waals surface area contributed by atoms with Crippen molar-refractivity contribution in [3.63, 3.8) is 0 Å². The van der Waals surface area contributed by atoms with E-state index in [0.29, 0.717) is 5.56 Å². The smallest absolute Gasteiger partial charge is 0.267 e. The number of rotatable bonds is 4. The molecule has 0 saturated heterocycles. The second kappa shape index (κ2) is 7.02. The lowest BCUT2D eigenvalue weighted by Crippen LogP contribution is -2.23. The van der Waals surface area contributed by atoms with E-state index in [0.717, 1.165) is 25.7 Å². The van der Waals surface area contributed by atoms with E-state index >= 15 is 0 Å². The van der Waals surface area contributed by atoms with Gasteiger partial charge in [0.25, 0.3) is 5.91 Å². The maximum absolute atomic E-state index is 13.8. The first-order valence-corrected chi connectivity index (χ1v) is 6.80. The Hall–Kier alpha value is -1.71. The van der Waals surface area contributed by atoms with Gasteiger partial charge in [0.2, 0.25) is 0 Å². The van der Waals surface area contributed by atoms with Gasteiger partial charge in [-0.1, -0.05) is 37.5 Å². The maximum Gasteiger partial charge on any atom is 0.271 e. The molecule has 1 aliphatic rings. The molecule has 0 radical (unpaired) electrons. The lowest BCUT2D eigenvalue weighted by atomic mass is 9.86. The number of hydrogen-bond donors (Lipinski definition) is 1. The van der Waals surface area contributed by atoms with Crippen LogP contribution in [0.15, 0.2) is 35.4 Å². The third-order valence-corrected chi connectivity index (χ3v) is 3.52. The van der Waals surface area contributed by atoms with E-state index in [9.17, 15) is 9.18 Å². The SMILES string of the molecule is O=C(N/N=C/[C@@H]([18F])C1CCCCC1)c1ccccc1. The molecule has 2 rings (SSSR count). The summed E-state index contributed by atoms with van der Waals surface area (Å²) >= 11 is 0. The van der Waals surface area contributed by atoms with Crippen molar-refractivity contribution in [2.45, 2.75) is 38.3 Å². The molecule has 0 heterocycles. The molecule has 4 heteroatoms. The van der Waals surface area contributed by atoms with E-state index in [4.69, 9.17) is 0 Å². The first-order valence-electron chi connectivity index (χ1n) is 6.80. The van der Waals surface area contributed by atoms with Crippen LogP contribution in [-0.2, 0) is 0 Å². The fourth-order valence-corrected chi connectivity index (χ4v) is 2.40. The van der Waals surface area contributed by atoms with Crippen LogP contribution in [0.5, 0.6) is 0 Å². The Bertz CT molecular complexity index is 427. The number of carbonyl (C=O) groups excluding carboxylic acids is 1. The Morgan fingerprint density at radius 1 is 1.26 bits per heavy atom. The highest BCUT2D eigenvalue weighted by molar-refractivity contribution is 5.94. The molecule has 1 saturated carbocycles. The second-order valence-electron chi connectivity index (χ2n) is 4.93. The van der Waals surface area contributed by atoms with Crippen molar-refractivity contribution in [1.82, 2.24) is 5.43 Å². The molecule has 0 unspecified atom stereocenters. The first kappa shape index (κ1) is 13.7. The summed E-state index contributed by atoms with van der Waals surface area (Å²) in [7, 11) is 0. The Balaban J connectivity index is 1.81. The predicted octanol–water partition coefficient (Wildman–Crippen LogP) is 3.32. The molecule has 19 heavy (non-hydrogen) atoms. The normalized spacial score (nSPS) is 18.4. The number of hydrazone groups is 1. The average molecular weight is 261 g/mol. The number of benzene rings is 1. The highest BCUT2D eigenvalue weighted by Crippen LogP contribution is 2.27. The van der Waals surface area contributed by atoms with Crippen LogP contribution in [0.25, 0.3) is 0 Å². The van der Waals surface area contributed by atoms with Gasteiger partial charge in [0, 0.05) is 5.56 Å². The Morgan fingerprint density at radius 3 is 2.63 bits per heavy atom. The zero-order chi connectivity index (χ0) is 13.5. The molecule has 0 bridgehead atoms. The van der Waals surface area contributed by atoms with Gasteiger partial charge in [0.05, 0.1) is 6.21 Å². The van der Waals surface area contributed by atoms with Gasteiger partial charge < -0.3 is 0 Å². The minimum Gasteiger partial charge on any atom is -0.267 e. The largest absolute Gasteiger partial charge is 0.271 e. The van der Waals surface area contributed by atoms with Gasteiger partial charge in [-0.2, -0.15) is 5.10 Å². The number of amides is 1. The van der Waals surface area contributed by atoms with Gasteiger partial charge in [-0.05, 0) is 30.9 Å². The highest BCUT2D eigenvalue weighted by atomic mass is 18.2. The van der Waals surface area contributed by atoms with Crippen molar-refractivity contribution in [1.29, 1.82) is 0 Å². The molecule has 3 nitrogen and oxygen atoms in total. The first-order chi connectivity index (χ1) is 9.27. The number of hydrogen-bond acceptors (Lipinski definition) is 2. The average Bonchev–Trinajstić information content (AvgIpc) is 2.49. The highest BCUT2D eigenvalue weighted by Gasteiger charge is 2.21. The van der Waals surface area contributed by atoms with E-state index in [-0.39, 0.29) is 11.8 Å². The fourth-order valence-electron chi connectivity index (χ4n) is 2.40. The fraction of sp³-hybridized carbons (Fsp3) is 0.467. The standard InChI is InChI=1S/C15H19FN2O/c16-14(12-7-3-1-4-8-12)11-17-18-15(19)13-9-5-2-6-10-13/h2,5-6,9-12,14H,1,3-4,7-8H2,(H,18,19)/b17-11+/t14-/m1/s1/i16-1. The summed E-state index contributed by atoms with van der Waals surface area (Å²) in [6.45, 7) is 0. The van der Waals surface area contributed by atoms with Gasteiger partial charge >= 0.3 is 0 Å². The summed E-state index contributed by atoms with van der Waals surface area (Å²) in [6.07, 6.45) is 5.38. The molecule has 0 aromatic heterocycles. The van der Waals surface area contributed by atoms with Gasteiger partial charge in [0.15, 0.2) is 0 Å². The van der Waals surface area contributed by atoms with Crippen LogP contribution in [0.2, 0.25) is 0 Å². The zero-order valence-electron chi connectivity index (χ0n) is 10.9. The molecular weight excluding hydrogens is 242 g/mol. The Kier molecular flexibility index (Phi) is 5.07.